The molecule has 0 aromatic carbocycles. The summed E-state index contributed by atoms with van der Waals surface area (Å²) in [7, 11) is 1.84. The van der Waals surface area contributed by atoms with Gasteiger partial charge in [-0.15, -0.1) is 0 Å². The SMILES string of the molecule is CN1CC[C@@H](c2cnc(N)c(Br)c2)CC1=O. The van der Waals surface area contributed by atoms with Gasteiger partial charge in [0.05, 0.1) is 4.47 Å². The van der Waals surface area contributed by atoms with Gasteiger partial charge >= 0.3 is 0 Å². The van der Waals surface area contributed by atoms with Crippen LogP contribution < -0.4 is 5.73 Å². The van der Waals surface area contributed by atoms with E-state index in [2.05, 4.69) is 20.9 Å². The van der Waals surface area contributed by atoms with Crippen molar-refractivity contribution in [2.45, 2.75) is 18.8 Å². The molecule has 0 saturated carbocycles. The van der Waals surface area contributed by atoms with Crippen LogP contribution >= 0.6 is 15.9 Å². The molecule has 1 fully saturated rings. The molecule has 16 heavy (non-hydrogen) atoms. The molecule has 0 aliphatic carbocycles. The number of nitrogens with zero attached hydrogens (tertiary/aromatic N) is 2. The third-order valence-corrected chi connectivity index (χ3v) is 3.66. The zero-order valence-electron chi connectivity index (χ0n) is 9.11. The maximum atomic E-state index is 11.6. The lowest BCUT2D eigenvalue weighted by Gasteiger charge is -2.28. The topological polar surface area (TPSA) is 59.2 Å². The average molecular weight is 284 g/mol. The lowest BCUT2D eigenvalue weighted by Crippen LogP contribution is -2.34. The Morgan fingerprint density at radius 1 is 1.62 bits per heavy atom. The van der Waals surface area contributed by atoms with Gasteiger partial charge in [0, 0.05) is 26.2 Å². The van der Waals surface area contributed by atoms with Crippen molar-refractivity contribution in [1.29, 1.82) is 0 Å². The summed E-state index contributed by atoms with van der Waals surface area (Å²) in [6.45, 7) is 0.811. The van der Waals surface area contributed by atoms with Gasteiger partial charge in [0.1, 0.15) is 5.82 Å². The number of amides is 1. The number of aromatic nitrogens is 1. The summed E-state index contributed by atoms with van der Waals surface area (Å²) in [6, 6.07) is 1.96. The first-order valence-corrected chi connectivity index (χ1v) is 6.02. The number of anilines is 1. The van der Waals surface area contributed by atoms with E-state index in [-0.39, 0.29) is 11.8 Å². The molecule has 1 aromatic heterocycles. The minimum absolute atomic E-state index is 0.198. The van der Waals surface area contributed by atoms with E-state index in [9.17, 15) is 4.79 Å². The predicted molar refractivity (Wildman–Crippen MR) is 66.0 cm³/mol. The van der Waals surface area contributed by atoms with Gasteiger partial charge in [0.15, 0.2) is 0 Å². The second-order valence-electron chi connectivity index (χ2n) is 4.14. The smallest absolute Gasteiger partial charge is 0.222 e. The van der Waals surface area contributed by atoms with Crippen LogP contribution in [0.1, 0.15) is 24.3 Å². The maximum Gasteiger partial charge on any atom is 0.222 e. The highest BCUT2D eigenvalue weighted by Gasteiger charge is 2.24. The summed E-state index contributed by atoms with van der Waals surface area (Å²) >= 11 is 3.36. The summed E-state index contributed by atoms with van der Waals surface area (Å²) in [6.07, 6.45) is 3.32. The van der Waals surface area contributed by atoms with Gasteiger partial charge in [-0.3, -0.25) is 4.79 Å². The van der Waals surface area contributed by atoms with Crippen LogP contribution in [0.15, 0.2) is 16.7 Å². The number of hydrogen-bond donors (Lipinski definition) is 1. The van der Waals surface area contributed by atoms with Crippen LogP contribution in [0.5, 0.6) is 0 Å². The molecule has 0 bridgehead atoms. The first-order valence-electron chi connectivity index (χ1n) is 5.23. The molecule has 2 N–H and O–H groups in total. The molecule has 0 spiro atoms. The fourth-order valence-corrected chi connectivity index (χ4v) is 2.28. The number of carbonyl (C=O) groups is 1. The average Bonchev–Trinajstić information content (AvgIpc) is 2.26. The number of pyridine rings is 1. The van der Waals surface area contributed by atoms with E-state index in [1.165, 1.54) is 0 Å². The first-order chi connectivity index (χ1) is 7.58. The monoisotopic (exact) mass is 283 g/mol. The van der Waals surface area contributed by atoms with E-state index in [0.29, 0.717) is 12.2 Å². The number of likely N-dealkylation sites (tertiary alicyclic amines) is 1. The van der Waals surface area contributed by atoms with Crippen molar-refractivity contribution < 1.29 is 4.79 Å². The van der Waals surface area contributed by atoms with Crippen molar-refractivity contribution in [3.8, 4) is 0 Å². The van der Waals surface area contributed by atoms with E-state index < -0.39 is 0 Å². The van der Waals surface area contributed by atoms with Gasteiger partial charge in [0.25, 0.3) is 0 Å². The van der Waals surface area contributed by atoms with E-state index in [0.717, 1.165) is 23.0 Å². The largest absolute Gasteiger partial charge is 0.383 e. The minimum atomic E-state index is 0.198. The van der Waals surface area contributed by atoms with Crippen LogP contribution in [0.25, 0.3) is 0 Å². The molecule has 1 saturated heterocycles. The molecule has 1 atom stereocenters. The Balaban J connectivity index is 2.18. The Bertz CT molecular complexity index is 422. The number of piperidine rings is 1. The molecule has 0 radical (unpaired) electrons. The van der Waals surface area contributed by atoms with Crippen LogP contribution in [0.4, 0.5) is 5.82 Å². The summed E-state index contributed by atoms with van der Waals surface area (Å²) in [4.78, 5) is 17.5. The van der Waals surface area contributed by atoms with Gasteiger partial charge < -0.3 is 10.6 Å². The zero-order valence-corrected chi connectivity index (χ0v) is 10.7. The van der Waals surface area contributed by atoms with Crippen LogP contribution in [-0.4, -0.2) is 29.4 Å². The predicted octanol–water partition coefficient (Wildman–Crippen LogP) is 1.76. The fourth-order valence-electron chi connectivity index (χ4n) is 1.91. The first kappa shape index (κ1) is 11.4. The summed E-state index contributed by atoms with van der Waals surface area (Å²) < 4.78 is 0.802. The van der Waals surface area contributed by atoms with Crippen molar-refractivity contribution >= 4 is 27.7 Å². The maximum absolute atomic E-state index is 11.6. The van der Waals surface area contributed by atoms with Crippen molar-refractivity contribution in [2.75, 3.05) is 19.3 Å². The Hall–Kier alpha value is -1.10. The van der Waals surface area contributed by atoms with Crippen molar-refractivity contribution in [2.24, 2.45) is 0 Å². The van der Waals surface area contributed by atoms with Crippen LogP contribution in [0, 0.1) is 0 Å². The quantitative estimate of drug-likeness (QED) is 0.855. The zero-order chi connectivity index (χ0) is 11.7. The Morgan fingerprint density at radius 3 is 3.00 bits per heavy atom. The number of hydrogen-bond acceptors (Lipinski definition) is 3. The van der Waals surface area contributed by atoms with Crippen LogP contribution in [0.3, 0.4) is 0 Å². The third kappa shape index (κ3) is 2.19. The van der Waals surface area contributed by atoms with Crippen LogP contribution in [-0.2, 0) is 4.79 Å². The Morgan fingerprint density at radius 2 is 2.38 bits per heavy atom. The highest BCUT2D eigenvalue weighted by molar-refractivity contribution is 9.10. The van der Waals surface area contributed by atoms with Gasteiger partial charge in [-0.2, -0.15) is 0 Å². The number of carbonyl (C=O) groups excluding carboxylic acids is 1. The van der Waals surface area contributed by atoms with E-state index in [1.54, 1.807) is 11.1 Å². The molecular formula is C11H14BrN3O. The van der Waals surface area contributed by atoms with Crippen molar-refractivity contribution in [3.63, 3.8) is 0 Å². The van der Waals surface area contributed by atoms with Crippen molar-refractivity contribution in [1.82, 2.24) is 9.88 Å². The summed E-state index contributed by atoms with van der Waals surface area (Å²) in [5.74, 6) is 0.959. The molecule has 86 valence electrons. The third-order valence-electron chi connectivity index (χ3n) is 3.02. The number of rotatable bonds is 1. The molecule has 1 aromatic rings. The van der Waals surface area contributed by atoms with E-state index in [1.807, 2.05) is 13.1 Å². The lowest BCUT2D eigenvalue weighted by atomic mass is 9.90. The van der Waals surface area contributed by atoms with Crippen LogP contribution in [0.2, 0.25) is 0 Å². The lowest BCUT2D eigenvalue weighted by molar-refractivity contribution is -0.132. The molecule has 1 aliphatic rings. The molecule has 1 aliphatic heterocycles. The standard InChI is InChI=1S/C11H14BrN3O/c1-15-3-2-7(5-10(15)16)8-4-9(12)11(13)14-6-8/h4,6-7H,2-3,5H2,1H3,(H2,13,14)/t7-/m1/s1. The number of nitrogens with two attached hydrogens (primary N) is 1. The molecule has 2 heterocycles. The van der Waals surface area contributed by atoms with Crippen molar-refractivity contribution in [3.05, 3.63) is 22.3 Å². The molecule has 5 heteroatoms. The van der Waals surface area contributed by atoms with Gasteiger partial charge in [-0.1, -0.05) is 0 Å². The second kappa shape index (κ2) is 4.41. The molecule has 2 rings (SSSR count). The summed E-state index contributed by atoms with van der Waals surface area (Å²) in [5.41, 5.74) is 6.72. The number of halogens is 1. The normalized spacial score (nSPS) is 21.2. The van der Waals surface area contributed by atoms with E-state index in [4.69, 9.17) is 5.73 Å². The molecule has 0 unspecified atom stereocenters. The molecule has 4 nitrogen and oxygen atoms in total. The summed E-state index contributed by atoms with van der Waals surface area (Å²) in [5, 5.41) is 0. The second-order valence-corrected chi connectivity index (χ2v) is 5.00. The molecular weight excluding hydrogens is 270 g/mol. The highest BCUT2D eigenvalue weighted by atomic mass is 79.9. The van der Waals surface area contributed by atoms with Gasteiger partial charge in [-0.25, -0.2) is 4.98 Å². The Labute approximate surface area is 103 Å². The van der Waals surface area contributed by atoms with Gasteiger partial charge in [-0.05, 0) is 39.9 Å². The highest BCUT2D eigenvalue weighted by Crippen LogP contribution is 2.30. The van der Waals surface area contributed by atoms with E-state index >= 15 is 0 Å². The minimum Gasteiger partial charge on any atom is -0.383 e. The Kier molecular flexibility index (Phi) is 3.14. The van der Waals surface area contributed by atoms with Gasteiger partial charge in [0.2, 0.25) is 5.91 Å². The fraction of sp³-hybridized carbons (Fsp3) is 0.455. The number of nitrogen functional groups attached to an aromatic ring is 1. The molecule has 1 amide bonds.